The smallest absolute Gasteiger partial charge is 0.323 e. The van der Waals surface area contributed by atoms with E-state index in [0.29, 0.717) is 6.54 Å². The largest absolute Gasteiger partial charge is 0.480 e. The number of hydrogen-bond acceptors (Lipinski definition) is 3. The number of benzene rings is 1. The fourth-order valence-electron chi connectivity index (χ4n) is 2.26. The lowest BCUT2D eigenvalue weighted by Gasteiger charge is -2.22. The monoisotopic (exact) mass is 273 g/mol. The number of carbonyl (C=O) groups is 1. The number of aromatic nitrogens is 2. The van der Waals surface area contributed by atoms with Crippen LogP contribution in [0.15, 0.2) is 36.5 Å². The van der Waals surface area contributed by atoms with E-state index in [9.17, 15) is 4.79 Å². The minimum Gasteiger partial charge on any atom is -0.480 e. The molecule has 0 spiro atoms. The van der Waals surface area contributed by atoms with Gasteiger partial charge >= 0.3 is 5.97 Å². The van der Waals surface area contributed by atoms with Crippen molar-refractivity contribution in [1.29, 1.82) is 0 Å². The van der Waals surface area contributed by atoms with Gasteiger partial charge in [0.15, 0.2) is 0 Å². The van der Waals surface area contributed by atoms with Crippen LogP contribution in [0.1, 0.15) is 18.2 Å². The molecule has 0 saturated carbocycles. The molecule has 5 heteroatoms. The van der Waals surface area contributed by atoms with E-state index in [2.05, 4.69) is 12.0 Å². The van der Waals surface area contributed by atoms with Crippen LogP contribution in [0.25, 0.3) is 0 Å². The van der Waals surface area contributed by atoms with Gasteiger partial charge in [-0.25, -0.2) is 0 Å². The Morgan fingerprint density at radius 3 is 2.65 bits per heavy atom. The zero-order valence-electron chi connectivity index (χ0n) is 11.8. The van der Waals surface area contributed by atoms with Gasteiger partial charge < -0.3 is 10.0 Å². The van der Waals surface area contributed by atoms with Crippen molar-refractivity contribution in [3.05, 3.63) is 47.8 Å². The molecule has 5 nitrogen and oxygen atoms in total. The number of anilines is 1. The first-order chi connectivity index (χ1) is 9.60. The van der Waals surface area contributed by atoms with Crippen molar-refractivity contribution in [2.24, 2.45) is 7.05 Å². The van der Waals surface area contributed by atoms with Crippen LogP contribution in [-0.2, 0) is 24.8 Å². The van der Waals surface area contributed by atoms with Crippen LogP contribution in [0, 0.1) is 0 Å². The third-order valence-corrected chi connectivity index (χ3v) is 3.14. The van der Waals surface area contributed by atoms with Gasteiger partial charge in [-0.3, -0.25) is 9.48 Å². The second kappa shape index (κ2) is 6.23. The van der Waals surface area contributed by atoms with Crippen molar-refractivity contribution in [3.8, 4) is 0 Å². The molecular weight excluding hydrogens is 254 g/mol. The summed E-state index contributed by atoms with van der Waals surface area (Å²) in [5, 5.41) is 13.5. The van der Waals surface area contributed by atoms with Crippen LogP contribution in [0.2, 0.25) is 0 Å². The highest BCUT2D eigenvalue weighted by Gasteiger charge is 2.14. The number of aliphatic carboxylic acids is 1. The van der Waals surface area contributed by atoms with Gasteiger partial charge in [0.1, 0.15) is 6.54 Å². The SMILES string of the molecule is CCc1nn(C)cc1CN(CC(=O)O)c1ccccc1. The van der Waals surface area contributed by atoms with E-state index in [1.54, 1.807) is 4.68 Å². The van der Waals surface area contributed by atoms with E-state index >= 15 is 0 Å². The molecule has 0 unspecified atom stereocenters. The first kappa shape index (κ1) is 14.1. The molecule has 0 aliphatic carbocycles. The molecule has 20 heavy (non-hydrogen) atoms. The molecule has 1 N–H and O–H groups in total. The number of carboxylic acids is 1. The van der Waals surface area contributed by atoms with Crippen molar-refractivity contribution in [3.63, 3.8) is 0 Å². The van der Waals surface area contributed by atoms with E-state index in [1.807, 2.05) is 48.5 Å². The van der Waals surface area contributed by atoms with Crippen LogP contribution in [-0.4, -0.2) is 27.4 Å². The molecule has 0 aliphatic heterocycles. The van der Waals surface area contributed by atoms with Crippen molar-refractivity contribution >= 4 is 11.7 Å². The standard InChI is InChI=1S/C15H19N3O2/c1-3-14-12(9-17(2)16-14)10-18(11-15(19)20)13-7-5-4-6-8-13/h4-9H,3,10-11H2,1-2H3,(H,19,20). The Balaban J connectivity index is 2.26. The topological polar surface area (TPSA) is 58.4 Å². The van der Waals surface area contributed by atoms with Crippen molar-refractivity contribution in [2.45, 2.75) is 19.9 Å². The summed E-state index contributed by atoms with van der Waals surface area (Å²) in [6.45, 7) is 2.57. The Kier molecular flexibility index (Phi) is 4.40. The first-order valence-electron chi connectivity index (χ1n) is 6.63. The molecule has 106 valence electrons. The van der Waals surface area contributed by atoms with E-state index in [1.165, 1.54) is 0 Å². The zero-order chi connectivity index (χ0) is 14.5. The fraction of sp³-hybridized carbons (Fsp3) is 0.333. The van der Waals surface area contributed by atoms with Crippen LogP contribution in [0.4, 0.5) is 5.69 Å². The lowest BCUT2D eigenvalue weighted by Crippen LogP contribution is -2.29. The van der Waals surface area contributed by atoms with E-state index < -0.39 is 5.97 Å². The molecule has 2 rings (SSSR count). The van der Waals surface area contributed by atoms with E-state index in [0.717, 1.165) is 23.4 Å². The number of aryl methyl sites for hydroxylation is 2. The van der Waals surface area contributed by atoms with Gasteiger partial charge in [-0.15, -0.1) is 0 Å². The van der Waals surface area contributed by atoms with Gasteiger partial charge in [-0.1, -0.05) is 25.1 Å². The molecule has 1 aromatic heterocycles. The molecule has 0 amide bonds. The maximum Gasteiger partial charge on any atom is 0.323 e. The zero-order valence-corrected chi connectivity index (χ0v) is 11.8. The van der Waals surface area contributed by atoms with Gasteiger partial charge in [0, 0.05) is 31.0 Å². The molecule has 0 aliphatic rings. The van der Waals surface area contributed by atoms with Crippen LogP contribution in [0.5, 0.6) is 0 Å². The molecule has 0 saturated heterocycles. The van der Waals surface area contributed by atoms with Gasteiger partial charge in [-0.05, 0) is 18.6 Å². The number of para-hydroxylation sites is 1. The summed E-state index contributed by atoms with van der Waals surface area (Å²) in [5.41, 5.74) is 2.99. The third kappa shape index (κ3) is 3.38. The summed E-state index contributed by atoms with van der Waals surface area (Å²) < 4.78 is 1.78. The second-order valence-corrected chi connectivity index (χ2v) is 4.71. The predicted octanol–water partition coefficient (Wildman–Crippen LogP) is 2.07. The molecule has 0 fully saturated rings. The third-order valence-electron chi connectivity index (χ3n) is 3.14. The van der Waals surface area contributed by atoms with Crippen LogP contribution < -0.4 is 4.90 Å². The highest BCUT2D eigenvalue weighted by Crippen LogP contribution is 2.18. The molecule has 2 aromatic rings. The first-order valence-corrected chi connectivity index (χ1v) is 6.63. The predicted molar refractivity (Wildman–Crippen MR) is 77.7 cm³/mol. The van der Waals surface area contributed by atoms with Gasteiger partial charge in [0.2, 0.25) is 0 Å². The van der Waals surface area contributed by atoms with Gasteiger partial charge in [0.25, 0.3) is 0 Å². The Morgan fingerprint density at radius 1 is 1.35 bits per heavy atom. The summed E-state index contributed by atoms with van der Waals surface area (Å²) in [6, 6.07) is 9.59. The minimum atomic E-state index is -0.837. The maximum absolute atomic E-state index is 11.1. The fourth-order valence-corrected chi connectivity index (χ4v) is 2.26. The molecular formula is C15H19N3O2. The van der Waals surface area contributed by atoms with E-state index in [-0.39, 0.29) is 6.54 Å². The summed E-state index contributed by atoms with van der Waals surface area (Å²) in [7, 11) is 1.88. The second-order valence-electron chi connectivity index (χ2n) is 4.71. The number of hydrogen-bond donors (Lipinski definition) is 1. The Labute approximate surface area is 118 Å². The minimum absolute atomic E-state index is 0.0257. The van der Waals surface area contributed by atoms with Gasteiger partial charge in [-0.2, -0.15) is 5.10 Å². The highest BCUT2D eigenvalue weighted by molar-refractivity contribution is 5.73. The number of carboxylic acid groups (broad SMARTS) is 1. The Bertz CT molecular complexity index is 578. The summed E-state index contributed by atoms with van der Waals surface area (Å²) in [4.78, 5) is 12.9. The average Bonchev–Trinajstić information content (AvgIpc) is 2.78. The van der Waals surface area contributed by atoms with Crippen molar-refractivity contribution in [1.82, 2.24) is 9.78 Å². The maximum atomic E-state index is 11.1. The highest BCUT2D eigenvalue weighted by atomic mass is 16.4. The van der Waals surface area contributed by atoms with Crippen LogP contribution >= 0.6 is 0 Å². The van der Waals surface area contributed by atoms with E-state index in [4.69, 9.17) is 5.11 Å². The lowest BCUT2D eigenvalue weighted by atomic mass is 10.2. The van der Waals surface area contributed by atoms with Crippen molar-refractivity contribution < 1.29 is 9.90 Å². The summed E-state index contributed by atoms with van der Waals surface area (Å²) in [6.07, 6.45) is 2.79. The number of nitrogens with zero attached hydrogens (tertiary/aromatic N) is 3. The number of rotatable bonds is 6. The summed E-state index contributed by atoms with van der Waals surface area (Å²) >= 11 is 0. The normalized spacial score (nSPS) is 10.5. The summed E-state index contributed by atoms with van der Waals surface area (Å²) in [5.74, 6) is -0.837. The average molecular weight is 273 g/mol. The Morgan fingerprint density at radius 2 is 2.05 bits per heavy atom. The molecule has 0 bridgehead atoms. The van der Waals surface area contributed by atoms with Gasteiger partial charge in [0.05, 0.1) is 5.69 Å². The molecule has 0 radical (unpaired) electrons. The van der Waals surface area contributed by atoms with Crippen LogP contribution in [0.3, 0.4) is 0 Å². The quantitative estimate of drug-likeness (QED) is 0.875. The lowest BCUT2D eigenvalue weighted by molar-refractivity contribution is -0.135. The van der Waals surface area contributed by atoms with Crippen molar-refractivity contribution in [2.75, 3.05) is 11.4 Å². The molecule has 1 aromatic carbocycles. The molecule has 0 atom stereocenters. The molecule has 1 heterocycles. The Hall–Kier alpha value is -2.30.